The van der Waals surface area contributed by atoms with Crippen molar-refractivity contribution >= 4 is 58.5 Å². The zero-order chi connectivity index (χ0) is 26.7. The van der Waals surface area contributed by atoms with E-state index in [-0.39, 0.29) is 21.8 Å². The summed E-state index contributed by atoms with van der Waals surface area (Å²) in [6.07, 6.45) is 3.64. The van der Waals surface area contributed by atoms with E-state index in [9.17, 15) is 19.2 Å². The smallest absolute Gasteiger partial charge is 0.339 e. The third-order valence-electron chi connectivity index (χ3n) is 7.48. The lowest BCUT2D eigenvalue weighted by molar-refractivity contribution is -0.123. The molecule has 1 unspecified atom stereocenters. The molecule has 3 aliphatic heterocycles. The Morgan fingerprint density at radius 3 is 2.34 bits per heavy atom. The molecule has 2 amide bonds. The number of ketones is 1. The van der Waals surface area contributed by atoms with Crippen molar-refractivity contribution in [1.82, 2.24) is 4.90 Å². The molecular formula is C29H20Cl2N2O5. The van der Waals surface area contributed by atoms with Crippen molar-refractivity contribution in [3.8, 4) is 0 Å². The van der Waals surface area contributed by atoms with Gasteiger partial charge in [-0.2, -0.15) is 0 Å². The molecule has 3 aromatic rings. The second-order valence-corrected chi connectivity index (χ2v) is 10.2. The highest BCUT2D eigenvalue weighted by atomic mass is 35.5. The Hall–Kier alpha value is -3.94. The normalized spacial score (nSPS) is 23.2. The van der Waals surface area contributed by atoms with Crippen LogP contribution in [0.2, 0.25) is 10.0 Å². The van der Waals surface area contributed by atoms with Crippen LogP contribution in [0.5, 0.6) is 0 Å². The standard InChI is InChI=1S/C29H20Cl2N2O5/c1-38-29(37)19-8-4-5-9-21(19)33-27(35)22-23(28(33)36)25(26(34)18-11-10-16(30)14-20(18)31)32-13-12-15-6-2-3-7-17(15)24(22)32/h2-14,22-25H,1H3/t22-,23+,24?,25-/m0/s1. The molecule has 0 N–H and O–H groups in total. The third-order valence-corrected chi connectivity index (χ3v) is 8.02. The Morgan fingerprint density at radius 2 is 1.58 bits per heavy atom. The number of imide groups is 1. The molecule has 190 valence electrons. The number of nitrogens with zero attached hydrogens (tertiary/aromatic N) is 2. The monoisotopic (exact) mass is 546 g/mol. The second kappa shape index (κ2) is 9.11. The van der Waals surface area contributed by atoms with Gasteiger partial charge in [-0.1, -0.05) is 59.6 Å². The molecule has 2 fully saturated rings. The van der Waals surface area contributed by atoms with Crippen molar-refractivity contribution < 1.29 is 23.9 Å². The minimum atomic E-state index is -1.01. The van der Waals surface area contributed by atoms with Crippen molar-refractivity contribution in [1.29, 1.82) is 0 Å². The number of Topliss-reactive ketones (excluding diaryl/α,β-unsaturated/α-hetero) is 1. The summed E-state index contributed by atoms with van der Waals surface area (Å²) in [6.45, 7) is 0. The van der Waals surface area contributed by atoms with Crippen molar-refractivity contribution in [2.45, 2.75) is 12.1 Å². The summed E-state index contributed by atoms with van der Waals surface area (Å²) in [5, 5.41) is 0.534. The van der Waals surface area contributed by atoms with Crippen molar-refractivity contribution in [3.63, 3.8) is 0 Å². The first kappa shape index (κ1) is 24.4. The van der Waals surface area contributed by atoms with E-state index >= 15 is 0 Å². The summed E-state index contributed by atoms with van der Waals surface area (Å²) < 4.78 is 4.89. The van der Waals surface area contributed by atoms with E-state index in [2.05, 4.69) is 0 Å². The molecule has 6 rings (SSSR count). The molecule has 38 heavy (non-hydrogen) atoms. The molecule has 0 aliphatic carbocycles. The Bertz CT molecular complexity index is 1570. The predicted molar refractivity (Wildman–Crippen MR) is 142 cm³/mol. The molecule has 2 saturated heterocycles. The number of methoxy groups -OCH3 is 1. The predicted octanol–water partition coefficient (Wildman–Crippen LogP) is 5.18. The van der Waals surface area contributed by atoms with Gasteiger partial charge >= 0.3 is 5.97 Å². The van der Waals surface area contributed by atoms with Crippen LogP contribution in [0.3, 0.4) is 0 Å². The number of carbonyl (C=O) groups excluding carboxylic acids is 4. The number of carbonyl (C=O) groups is 4. The van der Waals surface area contributed by atoms with Crippen LogP contribution in [0.1, 0.15) is 37.9 Å². The molecule has 0 aromatic heterocycles. The number of para-hydroxylation sites is 1. The minimum Gasteiger partial charge on any atom is -0.465 e. The SMILES string of the molecule is COC(=O)c1ccccc1N1C(=O)[C@@H]2[C@H](C1=O)C1c3ccccc3C=CN1[C@@H]2C(=O)c1ccc(Cl)cc1Cl. The molecule has 0 saturated carbocycles. The van der Waals surface area contributed by atoms with Crippen LogP contribution in [0, 0.1) is 11.8 Å². The maximum atomic E-state index is 14.1. The summed E-state index contributed by atoms with van der Waals surface area (Å²) in [7, 11) is 1.23. The summed E-state index contributed by atoms with van der Waals surface area (Å²) in [6, 6.07) is 16.9. The first-order valence-corrected chi connectivity index (χ1v) is 12.7. The number of esters is 1. The first-order valence-electron chi connectivity index (χ1n) is 11.9. The van der Waals surface area contributed by atoms with Gasteiger partial charge in [0.25, 0.3) is 0 Å². The zero-order valence-electron chi connectivity index (χ0n) is 20.0. The quantitative estimate of drug-likeness (QED) is 0.255. The second-order valence-electron chi connectivity index (χ2n) is 9.34. The van der Waals surface area contributed by atoms with Gasteiger partial charge in [0.05, 0.1) is 41.3 Å². The van der Waals surface area contributed by atoms with E-state index in [1.54, 1.807) is 29.3 Å². The number of ether oxygens (including phenoxy) is 1. The van der Waals surface area contributed by atoms with Crippen LogP contribution in [0.15, 0.2) is 72.9 Å². The van der Waals surface area contributed by atoms with Gasteiger partial charge in [0.2, 0.25) is 11.8 Å². The summed E-state index contributed by atoms with van der Waals surface area (Å²) in [5.41, 5.74) is 2.17. The maximum absolute atomic E-state index is 14.1. The molecular weight excluding hydrogens is 527 g/mol. The fourth-order valence-electron chi connectivity index (χ4n) is 5.89. The number of amides is 2. The zero-order valence-corrected chi connectivity index (χ0v) is 21.5. The molecule has 7 nitrogen and oxygen atoms in total. The lowest BCUT2D eigenvalue weighted by Crippen LogP contribution is -2.44. The van der Waals surface area contributed by atoms with Gasteiger partial charge in [0.15, 0.2) is 5.78 Å². The van der Waals surface area contributed by atoms with Crippen molar-refractivity contribution in [2.75, 3.05) is 12.0 Å². The highest BCUT2D eigenvalue weighted by Gasteiger charge is 2.64. The van der Waals surface area contributed by atoms with Gasteiger partial charge in [-0.15, -0.1) is 0 Å². The van der Waals surface area contributed by atoms with Crippen LogP contribution in [-0.2, 0) is 14.3 Å². The Kier molecular flexibility index (Phi) is 5.85. The van der Waals surface area contributed by atoms with Crippen LogP contribution < -0.4 is 4.90 Å². The fourth-order valence-corrected chi connectivity index (χ4v) is 6.40. The maximum Gasteiger partial charge on any atom is 0.339 e. The molecule has 0 spiro atoms. The Morgan fingerprint density at radius 1 is 0.868 bits per heavy atom. The molecule has 0 bridgehead atoms. The van der Waals surface area contributed by atoms with Crippen LogP contribution in [0.4, 0.5) is 5.69 Å². The lowest BCUT2D eigenvalue weighted by atomic mass is 9.83. The number of halogens is 2. The minimum absolute atomic E-state index is 0.0843. The lowest BCUT2D eigenvalue weighted by Gasteiger charge is -2.35. The molecule has 9 heteroatoms. The number of anilines is 1. The van der Waals surface area contributed by atoms with Crippen LogP contribution >= 0.6 is 23.2 Å². The van der Waals surface area contributed by atoms with Gasteiger partial charge < -0.3 is 9.64 Å². The average Bonchev–Trinajstić information content (AvgIpc) is 3.40. The number of rotatable bonds is 4. The van der Waals surface area contributed by atoms with Gasteiger partial charge in [-0.25, -0.2) is 9.69 Å². The van der Waals surface area contributed by atoms with E-state index in [0.29, 0.717) is 5.02 Å². The molecule has 3 aliphatic rings. The fraction of sp³-hybridized carbons (Fsp3) is 0.172. The molecule has 4 atom stereocenters. The number of hydrogen-bond acceptors (Lipinski definition) is 6. The number of benzene rings is 3. The average molecular weight is 547 g/mol. The number of fused-ring (bicyclic) bond motifs is 5. The van der Waals surface area contributed by atoms with E-state index in [4.69, 9.17) is 27.9 Å². The summed E-state index contributed by atoms with van der Waals surface area (Å²) >= 11 is 12.5. The van der Waals surface area contributed by atoms with Gasteiger partial charge in [0, 0.05) is 16.8 Å². The highest BCUT2D eigenvalue weighted by molar-refractivity contribution is 6.37. The summed E-state index contributed by atoms with van der Waals surface area (Å²) in [5.74, 6) is -3.97. The number of hydrogen-bond donors (Lipinski definition) is 0. The van der Waals surface area contributed by atoms with E-state index in [1.807, 2.05) is 30.3 Å². The molecule has 3 aromatic carbocycles. The Balaban J connectivity index is 1.52. The van der Waals surface area contributed by atoms with Crippen LogP contribution in [0.25, 0.3) is 6.08 Å². The van der Waals surface area contributed by atoms with E-state index in [1.165, 1.54) is 31.4 Å². The molecule has 0 radical (unpaired) electrons. The van der Waals surface area contributed by atoms with E-state index in [0.717, 1.165) is 16.0 Å². The van der Waals surface area contributed by atoms with Gasteiger partial charge in [0.1, 0.15) is 6.04 Å². The van der Waals surface area contributed by atoms with Gasteiger partial charge in [-0.05, 0) is 47.5 Å². The van der Waals surface area contributed by atoms with E-state index < -0.39 is 47.5 Å². The topological polar surface area (TPSA) is 84.0 Å². The van der Waals surface area contributed by atoms with Gasteiger partial charge in [-0.3, -0.25) is 14.4 Å². The van der Waals surface area contributed by atoms with Crippen molar-refractivity contribution in [2.24, 2.45) is 11.8 Å². The van der Waals surface area contributed by atoms with Crippen LogP contribution in [-0.4, -0.2) is 41.6 Å². The summed E-state index contributed by atoms with van der Waals surface area (Å²) in [4.78, 5) is 57.6. The first-order chi connectivity index (χ1) is 18.3. The Labute approximate surface area is 228 Å². The highest BCUT2D eigenvalue weighted by Crippen LogP contribution is 2.54. The largest absolute Gasteiger partial charge is 0.465 e. The van der Waals surface area contributed by atoms with Crippen molar-refractivity contribution in [3.05, 3.63) is 105 Å². The molecule has 3 heterocycles. The third kappa shape index (κ3) is 3.50.